The first-order valence-corrected chi connectivity index (χ1v) is 5.47. The van der Waals surface area contributed by atoms with E-state index in [0.717, 1.165) is 6.07 Å². The predicted octanol–water partition coefficient (Wildman–Crippen LogP) is 1.59. The van der Waals surface area contributed by atoms with Crippen LogP contribution in [0.2, 0.25) is 0 Å². The topological polar surface area (TPSA) is 53.4 Å². The van der Waals surface area contributed by atoms with Crippen LogP contribution in [-0.4, -0.2) is 22.2 Å². The maximum Gasteiger partial charge on any atom is 0.490 e. The van der Waals surface area contributed by atoms with Crippen molar-refractivity contribution in [3.8, 4) is 11.1 Å². The maximum absolute atomic E-state index is 13.2. The third kappa shape index (κ3) is 2.97. The summed E-state index contributed by atoms with van der Waals surface area (Å²) < 4.78 is 51.0. The summed E-state index contributed by atoms with van der Waals surface area (Å²) >= 11 is 0. The highest BCUT2D eigenvalue weighted by Gasteiger charge is 2.34. The Morgan fingerprint density at radius 3 is 2.30 bits per heavy atom. The first-order chi connectivity index (χ1) is 9.29. The summed E-state index contributed by atoms with van der Waals surface area (Å²) in [5, 5.41) is 18.0. The van der Waals surface area contributed by atoms with Crippen molar-refractivity contribution in [2.75, 3.05) is 0 Å². The molecule has 0 unspecified atom stereocenters. The molecule has 1 heterocycles. The third-order valence-corrected chi connectivity index (χ3v) is 2.66. The minimum absolute atomic E-state index is 0.0281. The lowest BCUT2D eigenvalue weighted by Crippen LogP contribution is -2.30. The Morgan fingerprint density at radius 1 is 1.00 bits per heavy atom. The summed E-state index contributed by atoms with van der Waals surface area (Å²) in [6.07, 6.45) is -2.39. The van der Waals surface area contributed by atoms with Gasteiger partial charge in [-0.25, -0.2) is 4.39 Å². The van der Waals surface area contributed by atoms with Gasteiger partial charge in [0.25, 0.3) is 0 Å². The number of alkyl halides is 3. The normalized spacial score (nSPS) is 11.5. The fraction of sp³-hybridized carbons (Fsp3) is 0.0833. The van der Waals surface area contributed by atoms with Crippen molar-refractivity contribution in [1.82, 2.24) is 4.98 Å². The smallest absolute Gasteiger partial charge is 0.423 e. The summed E-state index contributed by atoms with van der Waals surface area (Å²) in [7, 11) is -1.79. The molecule has 2 rings (SSSR count). The molecular formula is C12H8BF4NO2. The predicted molar refractivity (Wildman–Crippen MR) is 64.5 cm³/mol. The molecule has 0 amide bonds. The zero-order chi connectivity index (χ0) is 14.9. The SMILES string of the molecule is OB(O)c1cncc(-c2ccc(F)c(C(F)(F)F)c2)c1. The number of hydrogen-bond acceptors (Lipinski definition) is 3. The molecule has 1 aromatic carbocycles. The molecule has 0 fully saturated rings. The zero-order valence-corrected chi connectivity index (χ0v) is 9.89. The number of halogens is 4. The monoisotopic (exact) mass is 285 g/mol. The Kier molecular flexibility index (Phi) is 3.78. The lowest BCUT2D eigenvalue weighted by Gasteiger charge is -2.10. The fourth-order valence-corrected chi connectivity index (χ4v) is 1.68. The molecule has 0 aliphatic carbocycles. The van der Waals surface area contributed by atoms with Crippen molar-refractivity contribution < 1.29 is 27.6 Å². The van der Waals surface area contributed by atoms with Crippen LogP contribution in [0.1, 0.15) is 5.56 Å². The van der Waals surface area contributed by atoms with Crippen LogP contribution in [0.5, 0.6) is 0 Å². The summed E-state index contributed by atoms with van der Waals surface area (Å²) in [6, 6.07) is 3.79. The van der Waals surface area contributed by atoms with Crippen LogP contribution in [0.25, 0.3) is 11.1 Å². The minimum Gasteiger partial charge on any atom is -0.423 e. The van der Waals surface area contributed by atoms with Gasteiger partial charge in [0, 0.05) is 17.9 Å². The van der Waals surface area contributed by atoms with E-state index in [9.17, 15) is 17.6 Å². The summed E-state index contributed by atoms with van der Waals surface area (Å²) in [6.45, 7) is 0. The first kappa shape index (κ1) is 14.5. The molecule has 0 saturated heterocycles. The van der Waals surface area contributed by atoms with Gasteiger partial charge in [0.15, 0.2) is 0 Å². The van der Waals surface area contributed by atoms with Crippen molar-refractivity contribution in [1.29, 1.82) is 0 Å². The van der Waals surface area contributed by atoms with Crippen molar-refractivity contribution in [3.05, 3.63) is 48.0 Å². The van der Waals surface area contributed by atoms with E-state index >= 15 is 0 Å². The van der Waals surface area contributed by atoms with Crippen molar-refractivity contribution in [2.45, 2.75) is 6.18 Å². The second-order valence-corrected chi connectivity index (χ2v) is 4.07. The largest absolute Gasteiger partial charge is 0.490 e. The molecular weight excluding hydrogens is 277 g/mol. The second kappa shape index (κ2) is 5.22. The molecule has 0 spiro atoms. The van der Waals surface area contributed by atoms with Crippen LogP contribution in [0.3, 0.4) is 0 Å². The van der Waals surface area contributed by atoms with Gasteiger partial charge in [-0.15, -0.1) is 0 Å². The number of rotatable bonds is 2. The van der Waals surface area contributed by atoms with Crippen LogP contribution >= 0.6 is 0 Å². The van der Waals surface area contributed by atoms with E-state index in [2.05, 4.69) is 4.98 Å². The Labute approximate surface area is 111 Å². The molecule has 0 atom stereocenters. The summed E-state index contributed by atoms with van der Waals surface area (Å²) in [4.78, 5) is 3.70. The summed E-state index contributed by atoms with van der Waals surface area (Å²) in [5.41, 5.74) is -1.06. The zero-order valence-electron chi connectivity index (χ0n) is 9.89. The van der Waals surface area contributed by atoms with Gasteiger partial charge in [0.2, 0.25) is 0 Å². The van der Waals surface area contributed by atoms with E-state index in [1.165, 1.54) is 18.5 Å². The highest BCUT2D eigenvalue weighted by Crippen LogP contribution is 2.33. The molecule has 0 radical (unpaired) electrons. The molecule has 1 aromatic heterocycles. The van der Waals surface area contributed by atoms with E-state index in [1.54, 1.807) is 0 Å². The molecule has 0 aliphatic rings. The van der Waals surface area contributed by atoms with Gasteiger partial charge in [-0.2, -0.15) is 13.2 Å². The highest BCUT2D eigenvalue weighted by molar-refractivity contribution is 6.58. The van der Waals surface area contributed by atoms with E-state index in [-0.39, 0.29) is 16.6 Å². The van der Waals surface area contributed by atoms with Gasteiger partial charge in [-0.1, -0.05) is 12.1 Å². The molecule has 20 heavy (non-hydrogen) atoms. The quantitative estimate of drug-likeness (QED) is 0.650. The maximum atomic E-state index is 13.2. The molecule has 2 aromatic rings. The van der Waals surface area contributed by atoms with Gasteiger partial charge in [-0.05, 0) is 23.3 Å². The van der Waals surface area contributed by atoms with Gasteiger partial charge < -0.3 is 10.0 Å². The highest BCUT2D eigenvalue weighted by atomic mass is 19.4. The molecule has 0 aliphatic heterocycles. The van der Waals surface area contributed by atoms with E-state index in [0.29, 0.717) is 12.1 Å². The average Bonchev–Trinajstić information content (AvgIpc) is 2.38. The number of nitrogens with zero attached hydrogens (tertiary/aromatic N) is 1. The van der Waals surface area contributed by atoms with Gasteiger partial charge in [0.1, 0.15) is 5.82 Å². The fourth-order valence-electron chi connectivity index (χ4n) is 1.68. The van der Waals surface area contributed by atoms with Crippen LogP contribution < -0.4 is 5.46 Å². The molecule has 8 heteroatoms. The standard InChI is InChI=1S/C12H8BF4NO2/c14-11-2-1-7(4-10(11)12(15,16)17)8-3-9(13(19)20)6-18-5-8/h1-6,19-20H. The number of pyridine rings is 1. The molecule has 0 saturated carbocycles. The van der Waals surface area contributed by atoms with Crippen molar-refractivity contribution in [3.63, 3.8) is 0 Å². The number of hydrogen-bond donors (Lipinski definition) is 2. The number of aromatic nitrogens is 1. The van der Waals surface area contributed by atoms with Crippen LogP contribution in [0, 0.1) is 5.82 Å². The average molecular weight is 285 g/mol. The Hall–Kier alpha value is -1.93. The first-order valence-electron chi connectivity index (χ1n) is 5.47. The van der Waals surface area contributed by atoms with E-state index < -0.39 is 24.7 Å². The molecule has 104 valence electrons. The van der Waals surface area contributed by atoms with Crippen molar-refractivity contribution in [2.24, 2.45) is 0 Å². The Morgan fingerprint density at radius 2 is 1.70 bits per heavy atom. The lowest BCUT2D eigenvalue weighted by atomic mass is 9.80. The minimum atomic E-state index is -4.80. The number of benzene rings is 1. The molecule has 2 N–H and O–H groups in total. The van der Waals surface area contributed by atoms with Gasteiger partial charge in [-0.3, -0.25) is 4.98 Å². The van der Waals surface area contributed by atoms with E-state index in [4.69, 9.17) is 10.0 Å². The third-order valence-electron chi connectivity index (χ3n) is 2.66. The summed E-state index contributed by atoms with van der Waals surface area (Å²) in [5.74, 6) is -1.37. The van der Waals surface area contributed by atoms with Crippen LogP contribution in [0.15, 0.2) is 36.7 Å². The Balaban J connectivity index is 2.51. The van der Waals surface area contributed by atoms with Gasteiger partial charge >= 0.3 is 13.3 Å². The van der Waals surface area contributed by atoms with Gasteiger partial charge in [0.05, 0.1) is 5.56 Å². The molecule has 0 bridgehead atoms. The van der Waals surface area contributed by atoms with Crippen LogP contribution in [-0.2, 0) is 6.18 Å². The van der Waals surface area contributed by atoms with Crippen molar-refractivity contribution >= 4 is 12.6 Å². The molecule has 3 nitrogen and oxygen atoms in total. The van der Waals surface area contributed by atoms with Crippen LogP contribution in [0.4, 0.5) is 17.6 Å². The second-order valence-electron chi connectivity index (χ2n) is 4.07. The Bertz CT molecular complexity index is 631. The lowest BCUT2D eigenvalue weighted by molar-refractivity contribution is -0.139. The van der Waals surface area contributed by atoms with E-state index in [1.807, 2.05) is 0 Å².